The van der Waals surface area contributed by atoms with E-state index in [-0.39, 0.29) is 10.8 Å². The van der Waals surface area contributed by atoms with E-state index in [9.17, 15) is 13.2 Å². The minimum Gasteiger partial charge on any atom is -0.337 e. The summed E-state index contributed by atoms with van der Waals surface area (Å²) in [6.07, 6.45) is 1.73. The molecule has 1 amide bonds. The average molecular weight is 472 g/mol. The lowest BCUT2D eigenvalue weighted by Gasteiger charge is -2.20. The minimum atomic E-state index is -3.58. The second kappa shape index (κ2) is 8.31. The van der Waals surface area contributed by atoms with Gasteiger partial charge in [-0.15, -0.1) is 0 Å². The molecule has 1 saturated heterocycles. The molecule has 1 heterocycles. The van der Waals surface area contributed by atoms with E-state index in [1.54, 1.807) is 19.2 Å². The standard InChI is InChI=1S/C19H20BrClN2O3S/c1-22(13-14-6-2-3-7-18(14)21)19(24)16-12-15(8-9-17(16)20)27(25,26)23-10-4-5-11-23/h2-3,6-9,12H,4-5,10-11,13H2,1H3. The van der Waals surface area contributed by atoms with Gasteiger partial charge in [-0.05, 0) is 58.6 Å². The summed E-state index contributed by atoms with van der Waals surface area (Å²) in [7, 11) is -1.92. The summed E-state index contributed by atoms with van der Waals surface area (Å²) in [4.78, 5) is 14.6. The van der Waals surface area contributed by atoms with Gasteiger partial charge in [-0.3, -0.25) is 4.79 Å². The van der Waals surface area contributed by atoms with Crippen molar-refractivity contribution in [2.24, 2.45) is 0 Å². The van der Waals surface area contributed by atoms with Crippen LogP contribution in [0, 0.1) is 0 Å². The van der Waals surface area contributed by atoms with Crippen LogP contribution in [0.5, 0.6) is 0 Å². The third kappa shape index (κ3) is 4.37. The predicted molar refractivity (Wildman–Crippen MR) is 109 cm³/mol. The first kappa shape index (κ1) is 20.3. The van der Waals surface area contributed by atoms with Gasteiger partial charge in [0.25, 0.3) is 5.91 Å². The second-order valence-electron chi connectivity index (χ2n) is 6.51. The smallest absolute Gasteiger partial charge is 0.255 e. The molecule has 0 unspecified atom stereocenters. The van der Waals surface area contributed by atoms with Gasteiger partial charge in [-0.25, -0.2) is 8.42 Å². The van der Waals surface area contributed by atoms with Crippen molar-refractivity contribution in [2.75, 3.05) is 20.1 Å². The van der Waals surface area contributed by atoms with E-state index in [0.717, 1.165) is 18.4 Å². The fraction of sp³-hybridized carbons (Fsp3) is 0.316. The van der Waals surface area contributed by atoms with E-state index < -0.39 is 10.0 Å². The lowest BCUT2D eigenvalue weighted by molar-refractivity contribution is 0.0784. The van der Waals surface area contributed by atoms with Crippen molar-refractivity contribution in [3.05, 3.63) is 63.1 Å². The summed E-state index contributed by atoms with van der Waals surface area (Å²) in [6, 6.07) is 11.9. The Balaban J connectivity index is 1.87. The Bertz CT molecular complexity index is 959. The molecule has 0 saturated carbocycles. The molecule has 0 aromatic heterocycles. The zero-order chi connectivity index (χ0) is 19.6. The van der Waals surface area contributed by atoms with Crippen LogP contribution in [-0.4, -0.2) is 43.7 Å². The Morgan fingerprint density at radius 3 is 2.52 bits per heavy atom. The van der Waals surface area contributed by atoms with Gasteiger partial charge >= 0.3 is 0 Å². The fourth-order valence-corrected chi connectivity index (χ4v) is 5.22. The van der Waals surface area contributed by atoms with Crippen LogP contribution in [0.25, 0.3) is 0 Å². The summed E-state index contributed by atoms with van der Waals surface area (Å²) >= 11 is 9.54. The van der Waals surface area contributed by atoms with E-state index in [1.165, 1.54) is 21.3 Å². The summed E-state index contributed by atoms with van der Waals surface area (Å²) in [6.45, 7) is 1.37. The van der Waals surface area contributed by atoms with E-state index in [2.05, 4.69) is 15.9 Å². The van der Waals surface area contributed by atoms with Crippen LogP contribution in [0.15, 0.2) is 51.8 Å². The van der Waals surface area contributed by atoms with Gasteiger partial charge in [0.05, 0.1) is 10.5 Å². The quantitative estimate of drug-likeness (QED) is 0.658. The van der Waals surface area contributed by atoms with E-state index in [4.69, 9.17) is 11.6 Å². The molecule has 0 bridgehead atoms. The molecule has 1 aliphatic heterocycles. The van der Waals surface area contributed by atoms with Gasteiger partial charge in [0.2, 0.25) is 10.0 Å². The largest absolute Gasteiger partial charge is 0.337 e. The maximum atomic E-state index is 12.9. The molecule has 3 rings (SSSR count). The average Bonchev–Trinajstić information content (AvgIpc) is 3.19. The van der Waals surface area contributed by atoms with Crippen molar-refractivity contribution in [3.63, 3.8) is 0 Å². The van der Waals surface area contributed by atoms with Crippen LogP contribution in [0.4, 0.5) is 0 Å². The van der Waals surface area contributed by atoms with Gasteiger partial charge in [-0.2, -0.15) is 4.31 Å². The molecule has 0 N–H and O–H groups in total. The van der Waals surface area contributed by atoms with E-state index in [0.29, 0.717) is 34.7 Å². The van der Waals surface area contributed by atoms with Crippen LogP contribution in [0.2, 0.25) is 5.02 Å². The third-order valence-corrected chi connectivity index (χ3v) is 7.54. The Hall–Kier alpha value is -1.41. The lowest BCUT2D eigenvalue weighted by atomic mass is 10.1. The lowest BCUT2D eigenvalue weighted by Crippen LogP contribution is -2.29. The van der Waals surface area contributed by atoms with Gasteiger partial charge in [0.1, 0.15) is 0 Å². The number of nitrogens with zero attached hydrogens (tertiary/aromatic N) is 2. The topological polar surface area (TPSA) is 57.7 Å². The molecule has 5 nitrogen and oxygen atoms in total. The number of hydrogen-bond acceptors (Lipinski definition) is 3. The molecule has 0 aliphatic carbocycles. The zero-order valence-corrected chi connectivity index (χ0v) is 18.0. The Morgan fingerprint density at radius 1 is 1.19 bits per heavy atom. The second-order valence-corrected chi connectivity index (χ2v) is 9.70. The highest BCUT2D eigenvalue weighted by Gasteiger charge is 2.28. The highest BCUT2D eigenvalue weighted by molar-refractivity contribution is 9.10. The molecular formula is C19H20BrClN2O3S. The maximum absolute atomic E-state index is 12.9. The maximum Gasteiger partial charge on any atom is 0.255 e. The molecular weight excluding hydrogens is 452 g/mol. The van der Waals surface area contributed by atoms with Crippen molar-refractivity contribution < 1.29 is 13.2 Å². The number of hydrogen-bond donors (Lipinski definition) is 0. The van der Waals surface area contributed by atoms with Crippen LogP contribution in [0.3, 0.4) is 0 Å². The molecule has 2 aromatic rings. The minimum absolute atomic E-state index is 0.141. The normalized spacial score (nSPS) is 15.1. The van der Waals surface area contributed by atoms with Crippen molar-refractivity contribution in [3.8, 4) is 0 Å². The van der Waals surface area contributed by atoms with Gasteiger partial charge in [0.15, 0.2) is 0 Å². The molecule has 0 radical (unpaired) electrons. The third-order valence-electron chi connectivity index (χ3n) is 4.58. The van der Waals surface area contributed by atoms with Crippen molar-refractivity contribution in [1.82, 2.24) is 9.21 Å². The highest BCUT2D eigenvalue weighted by Crippen LogP contribution is 2.27. The Morgan fingerprint density at radius 2 is 1.85 bits per heavy atom. The number of amides is 1. The molecule has 144 valence electrons. The molecule has 0 spiro atoms. The summed E-state index contributed by atoms with van der Waals surface area (Å²) in [5, 5.41) is 0.585. The predicted octanol–water partition coefficient (Wildman–Crippen LogP) is 4.16. The fourth-order valence-electron chi connectivity index (χ4n) is 3.07. The molecule has 27 heavy (non-hydrogen) atoms. The SMILES string of the molecule is CN(Cc1ccccc1Cl)C(=O)c1cc(S(=O)(=O)N2CCCC2)ccc1Br. The molecule has 1 fully saturated rings. The number of benzene rings is 2. The van der Waals surface area contributed by atoms with E-state index >= 15 is 0 Å². The van der Waals surface area contributed by atoms with Crippen LogP contribution < -0.4 is 0 Å². The van der Waals surface area contributed by atoms with Crippen LogP contribution in [-0.2, 0) is 16.6 Å². The van der Waals surface area contributed by atoms with Crippen molar-refractivity contribution >= 4 is 43.5 Å². The van der Waals surface area contributed by atoms with E-state index in [1.807, 2.05) is 18.2 Å². The van der Waals surface area contributed by atoms with Gasteiger partial charge in [-0.1, -0.05) is 29.8 Å². The first-order chi connectivity index (χ1) is 12.8. The van der Waals surface area contributed by atoms with Crippen molar-refractivity contribution in [1.29, 1.82) is 0 Å². The first-order valence-electron chi connectivity index (χ1n) is 8.59. The number of rotatable bonds is 5. The van der Waals surface area contributed by atoms with Crippen molar-refractivity contribution in [2.45, 2.75) is 24.3 Å². The molecule has 8 heteroatoms. The summed E-state index contributed by atoms with van der Waals surface area (Å²) in [5.41, 5.74) is 1.14. The van der Waals surface area contributed by atoms with Crippen LogP contribution >= 0.6 is 27.5 Å². The summed E-state index contributed by atoms with van der Waals surface area (Å²) in [5.74, 6) is -0.278. The Kier molecular flexibility index (Phi) is 6.25. The number of carbonyl (C=O) groups excluding carboxylic acids is 1. The monoisotopic (exact) mass is 470 g/mol. The molecule has 1 aliphatic rings. The zero-order valence-electron chi connectivity index (χ0n) is 14.9. The Labute approximate surface area is 173 Å². The first-order valence-corrected chi connectivity index (χ1v) is 11.2. The number of carbonyl (C=O) groups is 1. The number of sulfonamides is 1. The van der Waals surface area contributed by atoms with Gasteiger partial charge in [0, 0.05) is 36.2 Å². The summed E-state index contributed by atoms with van der Waals surface area (Å²) < 4.78 is 27.6. The van der Waals surface area contributed by atoms with Gasteiger partial charge < -0.3 is 4.90 Å². The van der Waals surface area contributed by atoms with Crippen LogP contribution in [0.1, 0.15) is 28.8 Å². The molecule has 0 atom stereocenters. The highest BCUT2D eigenvalue weighted by atomic mass is 79.9. The number of halogens is 2. The molecule has 2 aromatic carbocycles.